The SMILES string of the molecule is CCOC(=O)C(NS(=O)(=O)c1ccc(F)cc1F)C1(N=O)CC[N+](C)(S)CC1. The second kappa shape index (κ2) is 8.39. The van der Waals surface area contributed by atoms with Crippen LogP contribution in [0, 0.1) is 16.5 Å². The van der Waals surface area contributed by atoms with E-state index in [9.17, 15) is 26.9 Å². The second-order valence-electron chi connectivity index (χ2n) is 6.86. The van der Waals surface area contributed by atoms with Gasteiger partial charge in [0, 0.05) is 18.9 Å². The highest BCUT2D eigenvalue weighted by molar-refractivity contribution is 7.89. The molecule has 0 amide bonds. The van der Waals surface area contributed by atoms with E-state index >= 15 is 0 Å². The Morgan fingerprint density at radius 3 is 2.50 bits per heavy atom. The fourth-order valence-electron chi connectivity index (χ4n) is 3.05. The molecular formula is C16H22F2N3O5S2+. The molecule has 0 spiro atoms. The van der Waals surface area contributed by atoms with E-state index in [1.54, 1.807) is 7.05 Å². The summed E-state index contributed by atoms with van der Waals surface area (Å²) in [6.07, 6.45) is 0.128. The van der Waals surface area contributed by atoms with Crippen LogP contribution in [0.3, 0.4) is 0 Å². The number of nitroso groups, excluding NO2 is 1. The van der Waals surface area contributed by atoms with E-state index in [0.717, 1.165) is 12.1 Å². The van der Waals surface area contributed by atoms with Gasteiger partial charge in [-0.3, -0.25) is 8.68 Å². The highest BCUT2D eigenvalue weighted by atomic mass is 32.2. The van der Waals surface area contributed by atoms with Crippen molar-refractivity contribution in [1.82, 2.24) is 4.72 Å². The summed E-state index contributed by atoms with van der Waals surface area (Å²) < 4.78 is 59.7. The number of carbonyl (C=O) groups is 1. The van der Waals surface area contributed by atoms with Gasteiger partial charge in [0.15, 0.2) is 0 Å². The normalized spacial score (nSPS) is 26.5. The van der Waals surface area contributed by atoms with Crippen LogP contribution in [0.4, 0.5) is 8.78 Å². The van der Waals surface area contributed by atoms with E-state index in [2.05, 4.69) is 22.7 Å². The molecule has 8 nitrogen and oxygen atoms in total. The minimum atomic E-state index is -4.61. The van der Waals surface area contributed by atoms with Crippen LogP contribution in [-0.2, 0) is 19.6 Å². The van der Waals surface area contributed by atoms with Crippen molar-refractivity contribution in [3.05, 3.63) is 34.7 Å². The van der Waals surface area contributed by atoms with Crippen LogP contribution < -0.4 is 4.72 Å². The molecule has 0 saturated carbocycles. The lowest BCUT2D eigenvalue weighted by Gasteiger charge is -2.41. The lowest BCUT2D eigenvalue weighted by molar-refractivity contribution is -0.778. The van der Waals surface area contributed by atoms with Crippen molar-refractivity contribution >= 4 is 28.8 Å². The summed E-state index contributed by atoms with van der Waals surface area (Å²) >= 11 is 4.42. The zero-order valence-corrected chi connectivity index (χ0v) is 17.1. The molecule has 2 rings (SSSR count). The fourth-order valence-corrected chi connectivity index (χ4v) is 4.57. The predicted molar refractivity (Wildman–Crippen MR) is 99.8 cm³/mol. The maximum absolute atomic E-state index is 14.0. The number of benzene rings is 1. The standard InChI is InChI=1S/C16H22F2N3O5S2/c1-3-26-15(22)14(16(20-23)6-8-21(2,27)9-7-16)19-28(24,25)13-5-4-11(17)10-12(13)18/h4-5,10,14,19,27H,3,6-9H2,1-2H3/q+1. The number of nitrogens with one attached hydrogen (secondary N) is 1. The number of sulfonamides is 1. The Morgan fingerprint density at radius 1 is 1.39 bits per heavy atom. The number of piperidine rings is 1. The van der Waals surface area contributed by atoms with Gasteiger partial charge in [-0.05, 0) is 19.1 Å². The van der Waals surface area contributed by atoms with Crippen LogP contribution >= 0.6 is 12.8 Å². The molecule has 1 saturated heterocycles. The molecular weight excluding hydrogens is 416 g/mol. The number of ether oxygens (including phenoxy) is 1. The number of quaternary nitrogens is 1. The van der Waals surface area contributed by atoms with Crippen molar-refractivity contribution in [3.63, 3.8) is 0 Å². The molecule has 156 valence electrons. The second-order valence-corrected chi connectivity index (χ2v) is 9.51. The Balaban J connectivity index is 2.43. The average molecular weight is 438 g/mol. The van der Waals surface area contributed by atoms with E-state index < -0.39 is 44.1 Å². The van der Waals surface area contributed by atoms with Crippen molar-refractivity contribution in [3.8, 4) is 0 Å². The number of rotatable bonds is 7. The van der Waals surface area contributed by atoms with Crippen LogP contribution in [0.1, 0.15) is 19.8 Å². The number of thiol groups is 1. The Bertz CT molecular complexity index is 854. The Kier molecular flexibility index (Phi) is 6.79. The fraction of sp³-hybridized carbons (Fsp3) is 0.562. The zero-order chi connectivity index (χ0) is 21.2. The molecule has 0 aromatic heterocycles. The number of esters is 1. The predicted octanol–water partition coefficient (Wildman–Crippen LogP) is 1.77. The lowest BCUT2D eigenvalue weighted by Crippen LogP contribution is -2.61. The molecule has 12 heteroatoms. The first-order chi connectivity index (χ1) is 13.0. The van der Waals surface area contributed by atoms with Crippen molar-refractivity contribution < 1.29 is 30.6 Å². The molecule has 1 aliphatic heterocycles. The molecule has 1 unspecified atom stereocenters. The largest absolute Gasteiger partial charge is 0.465 e. The molecule has 1 aromatic rings. The molecule has 1 aromatic carbocycles. The van der Waals surface area contributed by atoms with Gasteiger partial charge in [-0.2, -0.15) is 9.63 Å². The third-order valence-corrected chi connectivity index (χ3v) is 6.61. The lowest BCUT2D eigenvalue weighted by atomic mass is 9.82. The smallest absolute Gasteiger partial charge is 0.326 e. The Hall–Kier alpha value is -1.63. The molecule has 1 N–H and O–H groups in total. The molecule has 28 heavy (non-hydrogen) atoms. The van der Waals surface area contributed by atoms with Gasteiger partial charge in [0.25, 0.3) is 0 Å². The number of nitrogens with zero attached hydrogens (tertiary/aromatic N) is 2. The quantitative estimate of drug-likeness (QED) is 0.292. The van der Waals surface area contributed by atoms with Gasteiger partial charge in [-0.15, -0.1) is 0 Å². The van der Waals surface area contributed by atoms with Crippen molar-refractivity contribution in [2.75, 3.05) is 26.7 Å². The van der Waals surface area contributed by atoms with E-state index in [1.165, 1.54) is 6.92 Å². The van der Waals surface area contributed by atoms with Crippen molar-refractivity contribution in [1.29, 1.82) is 0 Å². The molecule has 1 fully saturated rings. The third kappa shape index (κ3) is 4.85. The van der Waals surface area contributed by atoms with E-state index in [1.807, 2.05) is 0 Å². The van der Waals surface area contributed by atoms with E-state index in [-0.39, 0.29) is 23.3 Å². The van der Waals surface area contributed by atoms with Crippen LogP contribution in [0.2, 0.25) is 0 Å². The van der Waals surface area contributed by atoms with Gasteiger partial charge in [0.05, 0.1) is 39.6 Å². The van der Waals surface area contributed by atoms with Gasteiger partial charge >= 0.3 is 5.97 Å². The number of carbonyl (C=O) groups excluding carboxylic acids is 1. The third-order valence-electron chi connectivity index (χ3n) is 4.75. The van der Waals surface area contributed by atoms with E-state index in [0.29, 0.717) is 19.2 Å². The minimum absolute atomic E-state index is 0.0583. The van der Waals surface area contributed by atoms with Crippen molar-refractivity contribution in [2.24, 2.45) is 5.18 Å². The van der Waals surface area contributed by atoms with Gasteiger partial charge in [0.1, 0.15) is 28.1 Å². The average Bonchev–Trinajstić information content (AvgIpc) is 2.60. The highest BCUT2D eigenvalue weighted by Crippen LogP contribution is 2.35. The monoisotopic (exact) mass is 438 g/mol. The van der Waals surface area contributed by atoms with Gasteiger partial charge in [-0.25, -0.2) is 17.2 Å². The summed E-state index contributed by atoms with van der Waals surface area (Å²) in [7, 11) is -2.81. The van der Waals surface area contributed by atoms with E-state index in [4.69, 9.17) is 4.74 Å². The van der Waals surface area contributed by atoms with Crippen LogP contribution in [0.15, 0.2) is 28.3 Å². The molecule has 0 radical (unpaired) electrons. The molecule has 0 bridgehead atoms. The summed E-state index contributed by atoms with van der Waals surface area (Å²) in [6, 6.07) is 0.258. The molecule has 1 heterocycles. The topological polar surface area (TPSA) is 102 Å². The van der Waals surface area contributed by atoms with Crippen LogP contribution in [0.5, 0.6) is 0 Å². The number of halogens is 2. The summed E-state index contributed by atoms with van der Waals surface area (Å²) in [5.41, 5.74) is -1.61. The summed E-state index contributed by atoms with van der Waals surface area (Å²) in [5, 5.41) is 3.09. The Labute approximate surface area is 167 Å². The first-order valence-electron chi connectivity index (χ1n) is 8.52. The first kappa shape index (κ1) is 22.7. The maximum Gasteiger partial charge on any atom is 0.326 e. The minimum Gasteiger partial charge on any atom is -0.465 e. The molecule has 1 aliphatic rings. The van der Waals surface area contributed by atoms with Crippen LogP contribution in [0.25, 0.3) is 0 Å². The summed E-state index contributed by atoms with van der Waals surface area (Å²) in [5.74, 6) is -3.28. The van der Waals surface area contributed by atoms with Crippen molar-refractivity contribution in [2.45, 2.75) is 36.2 Å². The highest BCUT2D eigenvalue weighted by Gasteiger charge is 2.52. The number of hydrogen-bond donors (Lipinski definition) is 2. The number of hydrogen-bond acceptors (Lipinski definition) is 7. The summed E-state index contributed by atoms with van der Waals surface area (Å²) in [6.45, 7) is 2.15. The molecule has 1 atom stereocenters. The first-order valence-corrected chi connectivity index (χ1v) is 10.4. The maximum atomic E-state index is 14.0. The van der Waals surface area contributed by atoms with Crippen LogP contribution in [-0.4, -0.2) is 56.6 Å². The van der Waals surface area contributed by atoms with Gasteiger partial charge < -0.3 is 4.74 Å². The zero-order valence-electron chi connectivity index (χ0n) is 15.4. The Morgan fingerprint density at radius 2 is 2.00 bits per heavy atom. The number of likely N-dealkylation sites (tertiary alicyclic amines) is 1. The van der Waals surface area contributed by atoms with Gasteiger partial charge in [0.2, 0.25) is 10.0 Å². The molecule has 0 aliphatic carbocycles. The van der Waals surface area contributed by atoms with Gasteiger partial charge in [-0.1, -0.05) is 5.18 Å². The summed E-state index contributed by atoms with van der Waals surface area (Å²) in [4.78, 5) is 23.4.